The first kappa shape index (κ1) is 16.0. The molecule has 20 heavy (non-hydrogen) atoms. The maximum Gasteiger partial charge on any atom is 0.233 e. The number of likely N-dealkylation sites (N-methyl/N-ethyl adjacent to an activating group) is 1. The number of carbonyl (C=O) groups excluding carboxylic acids is 2. The highest BCUT2D eigenvalue weighted by atomic mass is 16.5. The fraction of sp³-hybridized carbons (Fsp3) is 0.429. The van der Waals surface area contributed by atoms with Crippen LogP contribution in [-0.4, -0.2) is 51.0 Å². The summed E-state index contributed by atoms with van der Waals surface area (Å²) in [7, 11) is 5.36. The molecule has 0 radical (unpaired) electrons. The Hall–Kier alpha value is -2.08. The van der Waals surface area contributed by atoms with E-state index in [0.29, 0.717) is 18.0 Å². The summed E-state index contributed by atoms with van der Waals surface area (Å²) in [5.74, 6) is -0.0926. The summed E-state index contributed by atoms with van der Waals surface area (Å²) in [5.41, 5.74) is 0.557. The Morgan fingerprint density at radius 1 is 1.20 bits per heavy atom. The summed E-state index contributed by atoms with van der Waals surface area (Å²) in [4.78, 5) is 25.3. The van der Waals surface area contributed by atoms with Crippen molar-refractivity contribution in [1.29, 1.82) is 0 Å². The molecule has 0 heterocycles. The first-order valence-corrected chi connectivity index (χ1v) is 6.37. The van der Waals surface area contributed by atoms with Crippen LogP contribution in [-0.2, 0) is 9.59 Å². The third-order valence-corrected chi connectivity index (χ3v) is 2.58. The second-order valence-corrected chi connectivity index (χ2v) is 4.58. The molecular formula is C14H21N3O3. The zero-order valence-corrected chi connectivity index (χ0v) is 12.1. The van der Waals surface area contributed by atoms with Crippen LogP contribution >= 0.6 is 0 Å². The van der Waals surface area contributed by atoms with Crippen molar-refractivity contribution in [2.75, 3.05) is 39.6 Å². The van der Waals surface area contributed by atoms with Gasteiger partial charge in [-0.1, -0.05) is 12.1 Å². The topological polar surface area (TPSA) is 70.7 Å². The van der Waals surface area contributed by atoms with Gasteiger partial charge in [0.2, 0.25) is 11.8 Å². The van der Waals surface area contributed by atoms with Gasteiger partial charge in [0.25, 0.3) is 0 Å². The number of nitrogens with one attached hydrogen (secondary N) is 2. The monoisotopic (exact) mass is 279 g/mol. The molecule has 2 N–H and O–H groups in total. The number of carbonyl (C=O) groups is 2. The summed E-state index contributed by atoms with van der Waals surface area (Å²) in [6, 6.07) is 7.06. The summed E-state index contributed by atoms with van der Waals surface area (Å²) in [5, 5.41) is 5.34. The fourth-order valence-corrected chi connectivity index (χ4v) is 1.57. The molecule has 1 rings (SSSR count). The van der Waals surface area contributed by atoms with E-state index in [-0.39, 0.29) is 18.2 Å². The molecule has 1 aromatic rings. The molecule has 6 nitrogen and oxygen atoms in total. The largest absolute Gasteiger partial charge is 0.495 e. The molecule has 0 aliphatic carbocycles. The van der Waals surface area contributed by atoms with Gasteiger partial charge in [-0.15, -0.1) is 0 Å². The molecule has 0 saturated carbocycles. The van der Waals surface area contributed by atoms with Crippen LogP contribution in [0.4, 0.5) is 5.69 Å². The lowest BCUT2D eigenvalue weighted by Gasteiger charge is -2.11. The van der Waals surface area contributed by atoms with Crippen LogP contribution in [0.2, 0.25) is 0 Å². The third-order valence-electron chi connectivity index (χ3n) is 2.58. The molecule has 0 spiro atoms. The van der Waals surface area contributed by atoms with E-state index in [2.05, 4.69) is 10.6 Å². The number of hydrogen-bond acceptors (Lipinski definition) is 4. The van der Waals surface area contributed by atoms with Crippen LogP contribution in [0.25, 0.3) is 0 Å². The number of anilines is 1. The van der Waals surface area contributed by atoms with E-state index in [1.54, 1.807) is 18.2 Å². The van der Waals surface area contributed by atoms with Crippen molar-refractivity contribution in [3.05, 3.63) is 24.3 Å². The Morgan fingerprint density at radius 3 is 2.55 bits per heavy atom. The molecule has 0 fully saturated rings. The zero-order valence-electron chi connectivity index (χ0n) is 12.1. The minimum atomic E-state index is -0.364. The fourth-order valence-electron chi connectivity index (χ4n) is 1.57. The van der Waals surface area contributed by atoms with Gasteiger partial charge in [0.1, 0.15) is 12.2 Å². The quantitative estimate of drug-likeness (QED) is 0.721. The predicted octanol–water partition coefficient (Wildman–Crippen LogP) is 0.702. The smallest absolute Gasteiger partial charge is 0.233 e. The first-order valence-electron chi connectivity index (χ1n) is 6.37. The highest BCUT2D eigenvalue weighted by Gasteiger charge is 2.11. The van der Waals surface area contributed by atoms with Gasteiger partial charge in [0, 0.05) is 13.1 Å². The Kier molecular flexibility index (Phi) is 6.52. The van der Waals surface area contributed by atoms with E-state index in [1.165, 1.54) is 7.11 Å². The summed E-state index contributed by atoms with van der Waals surface area (Å²) in [6.07, 6.45) is -0.203. The maximum atomic E-state index is 11.8. The van der Waals surface area contributed by atoms with Crippen molar-refractivity contribution >= 4 is 17.5 Å². The van der Waals surface area contributed by atoms with Gasteiger partial charge in [0.15, 0.2) is 0 Å². The SMILES string of the molecule is COc1ccccc1NC(=O)CC(=O)NCCN(C)C. The zero-order chi connectivity index (χ0) is 15.0. The molecule has 2 amide bonds. The summed E-state index contributed by atoms with van der Waals surface area (Å²) < 4.78 is 5.12. The number of nitrogens with zero attached hydrogens (tertiary/aromatic N) is 1. The Bertz CT molecular complexity index is 461. The number of para-hydroxylation sites is 2. The van der Waals surface area contributed by atoms with Gasteiger partial charge >= 0.3 is 0 Å². The van der Waals surface area contributed by atoms with Gasteiger partial charge < -0.3 is 20.3 Å². The van der Waals surface area contributed by atoms with Crippen molar-refractivity contribution in [3.63, 3.8) is 0 Å². The maximum absolute atomic E-state index is 11.8. The standard InChI is InChI=1S/C14H21N3O3/c1-17(2)9-8-15-13(18)10-14(19)16-11-6-4-5-7-12(11)20-3/h4-7H,8-10H2,1-3H3,(H,15,18)(H,16,19). The number of benzene rings is 1. The minimum absolute atomic E-state index is 0.203. The third kappa shape index (κ3) is 5.71. The predicted molar refractivity (Wildman–Crippen MR) is 77.8 cm³/mol. The van der Waals surface area contributed by atoms with Crippen LogP contribution in [0.1, 0.15) is 6.42 Å². The number of amides is 2. The van der Waals surface area contributed by atoms with E-state index in [1.807, 2.05) is 25.1 Å². The molecule has 1 aromatic carbocycles. The highest BCUT2D eigenvalue weighted by molar-refractivity contribution is 6.04. The number of ether oxygens (including phenoxy) is 1. The molecule has 0 bridgehead atoms. The number of hydrogen-bond donors (Lipinski definition) is 2. The normalized spacial score (nSPS) is 10.2. The molecule has 6 heteroatoms. The van der Waals surface area contributed by atoms with E-state index in [9.17, 15) is 9.59 Å². The van der Waals surface area contributed by atoms with Crippen molar-refractivity contribution in [1.82, 2.24) is 10.2 Å². The second kappa shape index (κ2) is 8.16. The lowest BCUT2D eigenvalue weighted by molar-refractivity contribution is -0.126. The molecular weight excluding hydrogens is 258 g/mol. The first-order chi connectivity index (χ1) is 9.52. The molecule has 110 valence electrons. The van der Waals surface area contributed by atoms with Gasteiger partial charge in [-0.3, -0.25) is 9.59 Å². The average molecular weight is 279 g/mol. The Balaban J connectivity index is 2.41. The molecule has 0 saturated heterocycles. The average Bonchev–Trinajstić information content (AvgIpc) is 2.38. The van der Waals surface area contributed by atoms with Crippen LogP contribution < -0.4 is 15.4 Å². The molecule has 0 aliphatic rings. The molecule has 0 aromatic heterocycles. The van der Waals surface area contributed by atoms with Crippen LogP contribution in [0.15, 0.2) is 24.3 Å². The van der Waals surface area contributed by atoms with Crippen LogP contribution in [0, 0.1) is 0 Å². The Labute approximate surface area is 119 Å². The number of methoxy groups -OCH3 is 1. The highest BCUT2D eigenvalue weighted by Crippen LogP contribution is 2.22. The molecule has 0 unspecified atom stereocenters. The second-order valence-electron chi connectivity index (χ2n) is 4.58. The van der Waals surface area contributed by atoms with E-state index in [4.69, 9.17) is 4.74 Å². The Morgan fingerprint density at radius 2 is 1.90 bits per heavy atom. The van der Waals surface area contributed by atoms with Crippen molar-refractivity contribution in [3.8, 4) is 5.75 Å². The minimum Gasteiger partial charge on any atom is -0.495 e. The van der Waals surface area contributed by atoms with Gasteiger partial charge in [-0.25, -0.2) is 0 Å². The summed E-state index contributed by atoms with van der Waals surface area (Å²) >= 11 is 0. The van der Waals surface area contributed by atoms with E-state index < -0.39 is 0 Å². The van der Waals surface area contributed by atoms with E-state index >= 15 is 0 Å². The molecule has 0 aliphatic heterocycles. The molecule has 0 atom stereocenters. The van der Waals surface area contributed by atoms with Crippen LogP contribution in [0.5, 0.6) is 5.75 Å². The van der Waals surface area contributed by atoms with Crippen molar-refractivity contribution in [2.24, 2.45) is 0 Å². The summed E-state index contributed by atoms with van der Waals surface area (Å²) in [6.45, 7) is 1.26. The van der Waals surface area contributed by atoms with E-state index in [0.717, 1.165) is 6.54 Å². The lowest BCUT2D eigenvalue weighted by atomic mass is 10.2. The van der Waals surface area contributed by atoms with Gasteiger partial charge in [-0.2, -0.15) is 0 Å². The lowest BCUT2D eigenvalue weighted by Crippen LogP contribution is -2.33. The van der Waals surface area contributed by atoms with Crippen molar-refractivity contribution < 1.29 is 14.3 Å². The van der Waals surface area contributed by atoms with Gasteiger partial charge in [0.05, 0.1) is 12.8 Å². The van der Waals surface area contributed by atoms with Crippen LogP contribution in [0.3, 0.4) is 0 Å². The number of rotatable bonds is 7. The van der Waals surface area contributed by atoms with Gasteiger partial charge in [-0.05, 0) is 26.2 Å². The van der Waals surface area contributed by atoms with Crippen molar-refractivity contribution in [2.45, 2.75) is 6.42 Å².